The van der Waals surface area contributed by atoms with Gasteiger partial charge in [-0.3, -0.25) is 9.59 Å². The third kappa shape index (κ3) is 9.46. The molecule has 1 saturated heterocycles. The number of carbonyl (C=O) groups excluding carboxylic acids is 1. The second kappa shape index (κ2) is 12.5. The van der Waals surface area contributed by atoms with Crippen molar-refractivity contribution < 1.29 is 24.4 Å². The van der Waals surface area contributed by atoms with E-state index in [1.807, 2.05) is 0 Å². The molecule has 29 heavy (non-hydrogen) atoms. The average Bonchev–Trinajstić information content (AvgIpc) is 2.80. The maximum atomic E-state index is 12.5. The molecule has 2 fully saturated rings. The van der Waals surface area contributed by atoms with E-state index >= 15 is 0 Å². The molecule has 1 amide bonds. The van der Waals surface area contributed by atoms with Crippen LogP contribution in [0.2, 0.25) is 0 Å². The fourth-order valence-corrected chi connectivity index (χ4v) is 4.29. The first-order valence-corrected chi connectivity index (χ1v) is 11.1. The number of carboxylic acids is 1. The number of amides is 1. The van der Waals surface area contributed by atoms with Crippen LogP contribution in [0.1, 0.15) is 71.6 Å². The highest BCUT2D eigenvalue weighted by atomic mass is 16.5. The summed E-state index contributed by atoms with van der Waals surface area (Å²) in [7, 11) is -1.15. The maximum Gasteiger partial charge on any atom is 0.478 e. The maximum absolute atomic E-state index is 12.5. The van der Waals surface area contributed by atoms with E-state index in [1.54, 1.807) is 0 Å². The van der Waals surface area contributed by atoms with Crippen LogP contribution < -0.4 is 16.0 Å². The molecule has 0 spiro atoms. The van der Waals surface area contributed by atoms with Crippen molar-refractivity contribution >= 4 is 19.0 Å². The van der Waals surface area contributed by atoms with Gasteiger partial charge in [0, 0.05) is 31.6 Å². The van der Waals surface area contributed by atoms with Crippen molar-refractivity contribution in [2.75, 3.05) is 13.1 Å². The summed E-state index contributed by atoms with van der Waals surface area (Å²) < 4.78 is 5.45. The molecule has 0 radical (unpaired) electrons. The first-order valence-electron chi connectivity index (χ1n) is 11.1. The van der Waals surface area contributed by atoms with Gasteiger partial charge in [0.1, 0.15) is 0 Å². The Morgan fingerprint density at radius 2 is 1.79 bits per heavy atom. The molecule has 166 valence electrons. The SMILES string of the molecule is CC(C)NCCNC1CCC(CC(=O)N[C@H]2CCC[C@H](CC(=O)O)OB2O)CC1. The highest BCUT2D eigenvalue weighted by molar-refractivity contribution is 6.45. The van der Waals surface area contributed by atoms with Crippen molar-refractivity contribution in [3.63, 3.8) is 0 Å². The van der Waals surface area contributed by atoms with Gasteiger partial charge in [-0.15, -0.1) is 0 Å². The van der Waals surface area contributed by atoms with Gasteiger partial charge in [0.2, 0.25) is 5.91 Å². The van der Waals surface area contributed by atoms with Crippen LogP contribution in [-0.2, 0) is 14.2 Å². The third-order valence-electron chi connectivity index (χ3n) is 5.90. The Morgan fingerprint density at radius 3 is 2.45 bits per heavy atom. The van der Waals surface area contributed by atoms with Gasteiger partial charge in [-0.1, -0.05) is 13.8 Å². The largest absolute Gasteiger partial charge is 0.481 e. The molecule has 0 aromatic heterocycles. The number of hydrogen-bond donors (Lipinski definition) is 5. The average molecular weight is 411 g/mol. The Balaban J connectivity index is 1.65. The number of aliphatic carboxylic acids is 1. The Hall–Kier alpha value is -1.16. The van der Waals surface area contributed by atoms with Crippen molar-refractivity contribution in [3.8, 4) is 0 Å². The number of hydrogen-bond acceptors (Lipinski definition) is 6. The number of nitrogens with one attached hydrogen (secondary N) is 3. The summed E-state index contributed by atoms with van der Waals surface area (Å²) in [5.41, 5.74) is 0. The Morgan fingerprint density at radius 1 is 1.07 bits per heavy atom. The lowest BCUT2D eigenvalue weighted by Crippen LogP contribution is -2.48. The van der Waals surface area contributed by atoms with Crippen LogP contribution in [0, 0.1) is 5.92 Å². The van der Waals surface area contributed by atoms with Crippen LogP contribution in [0.25, 0.3) is 0 Å². The second-order valence-electron chi connectivity index (χ2n) is 8.84. The molecule has 2 atom stereocenters. The zero-order valence-corrected chi connectivity index (χ0v) is 17.9. The van der Waals surface area contributed by atoms with Gasteiger partial charge >= 0.3 is 13.1 Å². The number of carboxylic acid groups (broad SMARTS) is 1. The highest BCUT2D eigenvalue weighted by Gasteiger charge is 2.35. The second-order valence-corrected chi connectivity index (χ2v) is 8.84. The predicted molar refractivity (Wildman–Crippen MR) is 112 cm³/mol. The van der Waals surface area contributed by atoms with E-state index in [1.165, 1.54) is 0 Å². The van der Waals surface area contributed by atoms with E-state index in [0.29, 0.717) is 37.3 Å². The zero-order chi connectivity index (χ0) is 21.2. The van der Waals surface area contributed by atoms with E-state index in [4.69, 9.17) is 9.76 Å². The molecule has 1 aliphatic carbocycles. The van der Waals surface area contributed by atoms with E-state index < -0.39 is 25.1 Å². The Labute approximate surface area is 174 Å². The molecule has 0 aromatic carbocycles. The van der Waals surface area contributed by atoms with Gasteiger partial charge in [0.25, 0.3) is 0 Å². The highest BCUT2D eigenvalue weighted by Crippen LogP contribution is 2.27. The van der Waals surface area contributed by atoms with Crippen LogP contribution in [-0.4, -0.2) is 66.3 Å². The minimum Gasteiger partial charge on any atom is -0.481 e. The quantitative estimate of drug-likeness (QED) is 0.269. The zero-order valence-electron chi connectivity index (χ0n) is 17.9. The van der Waals surface area contributed by atoms with Gasteiger partial charge in [-0.25, -0.2) is 0 Å². The predicted octanol–water partition coefficient (Wildman–Crippen LogP) is 1.07. The van der Waals surface area contributed by atoms with Crippen LogP contribution in [0.4, 0.5) is 0 Å². The minimum atomic E-state index is -1.15. The van der Waals surface area contributed by atoms with E-state index in [-0.39, 0.29) is 12.3 Å². The minimum absolute atomic E-state index is 0.0492. The lowest BCUT2D eigenvalue weighted by molar-refractivity contribution is -0.139. The van der Waals surface area contributed by atoms with Crippen LogP contribution >= 0.6 is 0 Å². The van der Waals surface area contributed by atoms with Crippen molar-refractivity contribution in [2.24, 2.45) is 5.92 Å². The molecule has 2 aliphatic rings. The molecular formula is C20H38BN3O5. The summed E-state index contributed by atoms with van der Waals surface area (Å²) in [4.78, 5) is 23.3. The van der Waals surface area contributed by atoms with Gasteiger partial charge < -0.3 is 30.7 Å². The Bertz CT molecular complexity index is 514. The first kappa shape index (κ1) is 24.1. The Kier molecular flexibility index (Phi) is 10.4. The summed E-state index contributed by atoms with van der Waals surface area (Å²) >= 11 is 0. The molecule has 9 heteroatoms. The van der Waals surface area contributed by atoms with E-state index in [0.717, 1.165) is 45.2 Å². The number of carbonyl (C=O) groups is 2. The van der Waals surface area contributed by atoms with Gasteiger partial charge in [-0.2, -0.15) is 0 Å². The van der Waals surface area contributed by atoms with Crippen molar-refractivity contribution in [3.05, 3.63) is 0 Å². The molecule has 1 aliphatic heterocycles. The smallest absolute Gasteiger partial charge is 0.478 e. The number of rotatable bonds is 10. The molecule has 0 unspecified atom stereocenters. The van der Waals surface area contributed by atoms with Crippen molar-refractivity contribution in [2.45, 2.75) is 95.8 Å². The monoisotopic (exact) mass is 411 g/mol. The summed E-state index contributed by atoms with van der Waals surface area (Å²) in [5, 5.41) is 29.0. The fraction of sp³-hybridized carbons (Fsp3) is 0.900. The first-order chi connectivity index (χ1) is 13.8. The third-order valence-corrected chi connectivity index (χ3v) is 5.90. The molecule has 2 rings (SSSR count). The van der Waals surface area contributed by atoms with Gasteiger partial charge in [-0.05, 0) is 50.9 Å². The molecule has 1 saturated carbocycles. The summed E-state index contributed by atoms with van der Waals surface area (Å²) in [5.74, 6) is -1.07. The summed E-state index contributed by atoms with van der Waals surface area (Å²) in [6, 6.07) is 1.04. The van der Waals surface area contributed by atoms with E-state index in [9.17, 15) is 14.6 Å². The lowest BCUT2D eigenvalue weighted by atomic mass is 9.76. The van der Waals surface area contributed by atoms with Crippen molar-refractivity contribution in [1.29, 1.82) is 0 Å². The van der Waals surface area contributed by atoms with Crippen LogP contribution in [0.3, 0.4) is 0 Å². The summed E-state index contributed by atoms with van der Waals surface area (Å²) in [6.07, 6.45) is 6.01. The van der Waals surface area contributed by atoms with Crippen LogP contribution in [0.5, 0.6) is 0 Å². The molecule has 5 N–H and O–H groups in total. The molecule has 1 heterocycles. The van der Waals surface area contributed by atoms with E-state index in [2.05, 4.69) is 29.8 Å². The molecule has 0 bridgehead atoms. The fourth-order valence-electron chi connectivity index (χ4n) is 4.29. The summed E-state index contributed by atoms with van der Waals surface area (Å²) in [6.45, 7) is 6.23. The topological polar surface area (TPSA) is 120 Å². The van der Waals surface area contributed by atoms with Gasteiger partial charge in [0.15, 0.2) is 0 Å². The molecular weight excluding hydrogens is 373 g/mol. The lowest BCUT2D eigenvalue weighted by Gasteiger charge is -2.29. The molecule has 0 aromatic rings. The normalized spacial score (nSPS) is 28.2. The van der Waals surface area contributed by atoms with Gasteiger partial charge in [0.05, 0.1) is 18.5 Å². The van der Waals surface area contributed by atoms with Crippen molar-refractivity contribution in [1.82, 2.24) is 16.0 Å². The standard InChI is InChI=1S/C20H38BN3O5/c1-14(2)22-10-11-23-16-8-6-15(7-9-16)12-19(25)24-18-5-3-4-17(13-20(26)27)29-21(18)28/h14-18,22-23,28H,3-13H2,1-2H3,(H,24,25)(H,26,27)/t15?,16?,17-,18+/m1/s1. The van der Waals surface area contributed by atoms with Crippen LogP contribution in [0.15, 0.2) is 0 Å². The molecule has 8 nitrogen and oxygen atoms in total.